The fraction of sp³-hybridized carbons (Fsp3) is 0.360. The van der Waals surface area contributed by atoms with Crippen LogP contribution in [0.1, 0.15) is 54.1 Å². The highest BCUT2D eigenvalue weighted by molar-refractivity contribution is 9.10. The van der Waals surface area contributed by atoms with Gasteiger partial charge in [0.2, 0.25) is 5.91 Å². The lowest BCUT2D eigenvalue weighted by Gasteiger charge is -2.11. The fourth-order valence-electron chi connectivity index (χ4n) is 2.90. The van der Waals surface area contributed by atoms with Crippen LogP contribution in [0.3, 0.4) is 0 Å². The normalized spacial score (nSPS) is 10.4. The standard InChI is InChI=1S/C25H29BrN2O6/c1-4-12-33-25(32)18-8-10-19(11-9-18)27-22(29)6-5-7-24(31)34-15-23(30)28-21-14-16(2)20(26)13-17(21)3/h8-11,13-14H,4-7,12,15H2,1-3H3,(H,27,29)(H,28,30). The van der Waals surface area contributed by atoms with Crippen LogP contribution >= 0.6 is 15.9 Å². The van der Waals surface area contributed by atoms with Gasteiger partial charge in [0.1, 0.15) is 0 Å². The molecule has 0 radical (unpaired) electrons. The summed E-state index contributed by atoms with van der Waals surface area (Å²) >= 11 is 3.44. The van der Waals surface area contributed by atoms with Crippen LogP contribution in [0.4, 0.5) is 11.4 Å². The number of carbonyl (C=O) groups is 4. The van der Waals surface area contributed by atoms with Gasteiger partial charge in [-0.2, -0.15) is 0 Å². The van der Waals surface area contributed by atoms with E-state index in [-0.39, 0.29) is 25.2 Å². The highest BCUT2D eigenvalue weighted by Crippen LogP contribution is 2.24. The molecule has 2 rings (SSSR count). The summed E-state index contributed by atoms with van der Waals surface area (Å²) in [6, 6.07) is 10.1. The van der Waals surface area contributed by atoms with E-state index in [0.29, 0.717) is 23.5 Å². The Balaban J connectivity index is 1.67. The highest BCUT2D eigenvalue weighted by atomic mass is 79.9. The Kier molecular flexibility index (Phi) is 10.7. The molecular formula is C25H29BrN2O6. The number of esters is 2. The summed E-state index contributed by atoms with van der Waals surface area (Å²) in [4.78, 5) is 47.8. The van der Waals surface area contributed by atoms with Crippen LogP contribution in [0.2, 0.25) is 0 Å². The number of hydrogen-bond acceptors (Lipinski definition) is 6. The summed E-state index contributed by atoms with van der Waals surface area (Å²) in [6.45, 7) is 5.65. The molecule has 34 heavy (non-hydrogen) atoms. The molecule has 0 saturated carbocycles. The van der Waals surface area contributed by atoms with Crippen molar-refractivity contribution in [2.45, 2.75) is 46.5 Å². The molecule has 2 aromatic carbocycles. The van der Waals surface area contributed by atoms with E-state index < -0.39 is 24.5 Å². The van der Waals surface area contributed by atoms with Gasteiger partial charge in [0, 0.05) is 28.7 Å². The molecule has 0 fully saturated rings. The van der Waals surface area contributed by atoms with Gasteiger partial charge in [-0.25, -0.2) is 4.79 Å². The molecule has 182 valence electrons. The van der Waals surface area contributed by atoms with Crippen molar-refractivity contribution in [3.05, 3.63) is 57.6 Å². The Morgan fingerprint density at radius 1 is 0.882 bits per heavy atom. The maximum Gasteiger partial charge on any atom is 0.338 e. The Morgan fingerprint density at radius 3 is 2.26 bits per heavy atom. The number of amides is 2. The van der Waals surface area contributed by atoms with E-state index in [4.69, 9.17) is 9.47 Å². The summed E-state index contributed by atoms with van der Waals surface area (Å²) in [5.74, 6) is -1.67. The Hall–Kier alpha value is -3.20. The van der Waals surface area contributed by atoms with Crippen molar-refractivity contribution >= 4 is 51.1 Å². The van der Waals surface area contributed by atoms with Gasteiger partial charge in [-0.3, -0.25) is 14.4 Å². The number of benzene rings is 2. The first-order chi connectivity index (χ1) is 16.2. The van der Waals surface area contributed by atoms with Crippen molar-refractivity contribution in [3.8, 4) is 0 Å². The molecule has 0 aliphatic rings. The molecule has 0 aliphatic heterocycles. The smallest absolute Gasteiger partial charge is 0.338 e. The molecule has 0 aromatic heterocycles. The topological polar surface area (TPSA) is 111 Å². The van der Waals surface area contributed by atoms with Crippen LogP contribution in [0.15, 0.2) is 40.9 Å². The van der Waals surface area contributed by atoms with Crippen LogP contribution in [0, 0.1) is 13.8 Å². The van der Waals surface area contributed by atoms with Crippen LogP contribution in [-0.4, -0.2) is 37.0 Å². The van der Waals surface area contributed by atoms with Crippen molar-refractivity contribution < 1.29 is 28.7 Å². The van der Waals surface area contributed by atoms with Gasteiger partial charge in [-0.15, -0.1) is 0 Å². The molecule has 0 heterocycles. The number of rotatable bonds is 11. The van der Waals surface area contributed by atoms with Crippen molar-refractivity contribution in [1.82, 2.24) is 0 Å². The quantitative estimate of drug-likeness (QED) is 0.397. The number of ether oxygens (including phenoxy) is 2. The minimum absolute atomic E-state index is 0.0132. The van der Waals surface area contributed by atoms with Gasteiger partial charge >= 0.3 is 11.9 Å². The fourth-order valence-corrected chi connectivity index (χ4v) is 3.36. The van der Waals surface area contributed by atoms with Gasteiger partial charge in [0.05, 0.1) is 12.2 Å². The minimum atomic E-state index is -0.554. The molecular weight excluding hydrogens is 504 g/mol. The highest BCUT2D eigenvalue weighted by Gasteiger charge is 2.12. The Bertz CT molecular complexity index is 1040. The zero-order valence-electron chi connectivity index (χ0n) is 19.5. The number of nitrogens with one attached hydrogen (secondary N) is 2. The average molecular weight is 533 g/mol. The van der Waals surface area contributed by atoms with Crippen molar-refractivity contribution in [3.63, 3.8) is 0 Å². The molecule has 9 heteroatoms. The molecule has 0 spiro atoms. The second-order valence-corrected chi connectivity index (χ2v) is 8.59. The number of aryl methyl sites for hydroxylation is 2. The number of hydrogen-bond donors (Lipinski definition) is 2. The van der Waals surface area contributed by atoms with Crippen molar-refractivity contribution in [2.75, 3.05) is 23.8 Å². The van der Waals surface area contributed by atoms with E-state index in [1.807, 2.05) is 32.9 Å². The molecule has 0 saturated heterocycles. The molecule has 0 aliphatic carbocycles. The van der Waals surface area contributed by atoms with E-state index in [9.17, 15) is 19.2 Å². The average Bonchev–Trinajstić information content (AvgIpc) is 2.80. The zero-order valence-corrected chi connectivity index (χ0v) is 21.1. The van der Waals surface area contributed by atoms with Crippen LogP contribution < -0.4 is 10.6 Å². The first-order valence-corrected chi connectivity index (χ1v) is 11.8. The van der Waals surface area contributed by atoms with Gasteiger partial charge < -0.3 is 20.1 Å². The Morgan fingerprint density at radius 2 is 1.59 bits per heavy atom. The number of halogens is 1. The summed E-state index contributed by atoms with van der Waals surface area (Å²) < 4.78 is 11.0. The maximum atomic E-state index is 12.1. The summed E-state index contributed by atoms with van der Waals surface area (Å²) in [5, 5.41) is 5.43. The lowest BCUT2D eigenvalue weighted by molar-refractivity contribution is -0.147. The summed E-state index contributed by atoms with van der Waals surface area (Å²) in [5.41, 5.74) is 3.46. The van der Waals surface area contributed by atoms with E-state index in [0.717, 1.165) is 22.0 Å². The van der Waals surface area contributed by atoms with Gasteiger partial charge in [-0.1, -0.05) is 22.9 Å². The SMILES string of the molecule is CCCOC(=O)c1ccc(NC(=O)CCCC(=O)OCC(=O)Nc2cc(C)c(Br)cc2C)cc1. The first-order valence-electron chi connectivity index (χ1n) is 11.0. The number of carbonyl (C=O) groups excluding carboxylic acids is 4. The maximum absolute atomic E-state index is 12.1. The van der Waals surface area contributed by atoms with Crippen molar-refractivity contribution in [2.24, 2.45) is 0 Å². The van der Waals surface area contributed by atoms with E-state index in [1.54, 1.807) is 24.3 Å². The minimum Gasteiger partial charge on any atom is -0.462 e. The third-order valence-corrected chi connectivity index (χ3v) is 5.62. The van der Waals surface area contributed by atoms with Crippen LogP contribution in [0.25, 0.3) is 0 Å². The summed E-state index contributed by atoms with van der Waals surface area (Å²) in [7, 11) is 0. The van der Waals surface area contributed by atoms with Gasteiger partial charge in [-0.05, 0) is 74.2 Å². The molecule has 2 aromatic rings. The van der Waals surface area contributed by atoms with Gasteiger partial charge in [0.15, 0.2) is 6.61 Å². The molecule has 0 atom stereocenters. The molecule has 0 unspecified atom stereocenters. The largest absolute Gasteiger partial charge is 0.462 e. The van der Waals surface area contributed by atoms with Crippen molar-refractivity contribution in [1.29, 1.82) is 0 Å². The summed E-state index contributed by atoms with van der Waals surface area (Å²) in [6.07, 6.45) is 1.14. The second-order valence-electron chi connectivity index (χ2n) is 7.74. The van der Waals surface area contributed by atoms with E-state index in [1.165, 1.54) is 0 Å². The molecule has 2 N–H and O–H groups in total. The van der Waals surface area contributed by atoms with E-state index >= 15 is 0 Å². The second kappa shape index (κ2) is 13.5. The lowest BCUT2D eigenvalue weighted by Crippen LogP contribution is -2.21. The lowest BCUT2D eigenvalue weighted by atomic mass is 10.1. The zero-order chi connectivity index (χ0) is 25.1. The Labute approximate surface area is 207 Å². The van der Waals surface area contributed by atoms with Crippen LogP contribution in [-0.2, 0) is 23.9 Å². The molecule has 0 bridgehead atoms. The number of anilines is 2. The first kappa shape index (κ1) is 27.0. The molecule has 8 nitrogen and oxygen atoms in total. The third-order valence-electron chi connectivity index (χ3n) is 4.77. The van der Waals surface area contributed by atoms with Crippen LogP contribution in [0.5, 0.6) is 0 Å². The molecule has 2 amide bonds. The van der Waals surface area contributed by atoms with Gasteiger partial charge in [0.25, 0.3) is 5.91 Å². The third kappa shape index (κ3) is 8.97. The monoisotopic (exact) mass is 532 g/mol. The van der Waals surface area contributed by atoms with E-state index in [2.05, 4.69) is 26.6 Å². The predicted molar refractivity (Wildman–Crippen MR) is 133 cm³/mol. The predicted octanol–water partition coefficient (Wildman–Crippen LogP) is 4.92.